The summed E-state index contributed by atoms with van der Waals surface area (Å²) in [5.74, 6) is -0.0442. The van der Waals surface area contributed by atoms with Crippen LogP contribution in [-0.4, -0.2) is 46.7 Å². The van der Waals surface area contributed by atoms with E-state index >= 15 is 0 Å². The highest BCUT2D eigenvalue weighted by molar-refractivity contribution is 6.07. The van der Waals surface area contributed by atoms with Gasteiger partial charge in [0.1, 0.15) is 0 Å². The lowest BCUT2D eigenvalue weighted by atomic mass is 9.86. The van der Waals surface area contributed by atoms with Gasteiger partial charge in [-0.1, -0.05) is 52.3 Å². The Hall–Kier alpha value is -2.38. The fraction of sp³-hybridized carbons (Fsp3) is 0.630. The van der Waals surface area contributed by atoms with Gasteiger partial charge in [-0.25, -0.2) is 0 Å². The highest BCUT2D eigenvalue weighted by atomic mass is 16.3. The van der Waals surface area contributed by atoms with Crippen LogP contribution in [0.15, 0.2) is 30.5 Å². The van der Waals surface area contributed by atoms with Crippen LogP contribution < -0.4 is 16.4 Å². The number of fused-ring (bicyclic) bond motifs is 1. The number of para-hydroxylation sites is 1. The van der Waals surface area contributed by atoms with Crippen molar-refractivity contribution in [2.75, 3.05) is 13.1 Å². The van der Waals surface area contributed by atoms with Crippen LogP contribution in [-0.2, 0) is 11.3 Å². The zero-order chi connectivity index (χ0) is 25.3. The van der Waals surface area contributed by atoms with E-state index in [0.29, 0.717) is 31.5 Å². The molecule has 0 unspecified atom stereocenters. The molecule has 0 aliphatic carbocycles. The maximum atomic E-state index is 13.0. The number of unbranched alkanes of at least 4 members (excludes halogenated alkanes) is 1. The Kier molecular flexibility index (Phi) is 11.1. The number of carbonyl (C=O) groups excluding carboxylic acids is 2. The second-order valence-electron chi connectivity index (χ2n) is 9.81. The summed E-state index contributed by atoms with van der Waals surface area (Å²) in [7, 11) is 0. The second kappa shape index (κ2) is 13.5. The van der Waals surface area contributed by atoms with E-state index < -0.39 is 12.1 Å². The van der Waals surface area contributed by atoms with Crippen molar-refractivity contribution in [2.24, 2.45) is 23.5 Å². The van der Waals surface area contributed by atoms with Gasteiger partial charge in [-0.15, -0.1) is 0 Å². The van der Waals surface area contributed by atoms with Crippen molar-refractivity contribution in [1.82, 2.24) is 15.2 Å². The first-order chi connectivity index (χ1) is 16.2. The fourth-order valence-electron chi connectivity index (χ4n) is 4.31. The molecular weight excluding hydrogens is 428 g/mol. The van der Waals surface area contributed by atoms with E-state index in [-0.39, 0.29) is 29.6 Å². The lowest BCUT2D eigenvalue weighted by Gasteiger charge is -2.28. The molecule has 2 amide bonds. The predicted octanol–water partition coefficient (Wildman–Crippen LogP) is 3.68. The Labute approximate surface area is 204 Å². The fourth-order valence-corrected chi connectivity index (χ4v) is 4.31. The molecule has 5 N–H and O–H groups in total. The topological polar surface area (TPSA) is 109 Å². The number of aliphatic hydroxyl groups excluding tert-OH is 1. The number of hydrogen-bond acceptors (Lipinski definition) is 4. The van der Waals surface area contributed by atoms with Gasteiger partial charge in [-0.2, -0.15) is 0 Å². The number of carbonyl (C=O) groups is 2. The zero-order valence-corrected chi connectivity index (χ0v) is 21.5. The van der Waals surface area contributed by atoms with Crippen LogP contribution in [0.3, 0.4) is 0 Å². The SMILES string of the molecule is CCCCNC(=O)[C@H](C)C[C@H](O)[C@@H](N)C[C@@H](CNC(=O)c1cn(CC)c2ccccc12)C(C)C. The van der Waals surface area contributed by atoms with Crippen LogP contribution in [0.1, 0.15) is 70.7 Å². The molecule has 1 heterocycles. The zero-order valence-electron chi connectivity index (χ0n) is 21.5. The van der Waals surface area contributed by atoms with Crippen LogP contribution >= 0.6 is 0 Å². The minimum absolute atomic E-state index is 0.0429. The number of nitrogens with one attached hydrogen (secondary N) is 2. The molecule has 0 aliphatic heterocycles. The summed E-state index contributed by atoms with van der Waals surface area (Å²) >= 11 is 0. The Balaban J connectivity index is 1.94. The highest BCUT2D eigenvalue weighted by Gasteiger charge is 2.26. The summed E-state index contributed by atoms with van der Waals surface area (Å²) < 4.78 is 2.08. The predicted molar refractivity (Wildman–Crippen MR) is 139 cm³/mol. The van der Waals surface area contributed by atoms with Crippen LogP contribution in [0, 0.1) is 17.8 Å². The molecule has 2 rings (SSSR count). The average Bonchev–Trinajstić information content (AvgIpc) is 3.20. The van der Waals surface area contributed by atoms with Crippen molar-refractivity contribution >= 4 is 22.7 Å². The lowest BCUT2D eigenvalue weighted by Crippen LogP contribution is -2.42. The van der Waals surface area contributed by atoms with E-state index in [1.54, 1.807) is 0 Å². The monoisotopic (exact) mass is 472 g/mol. The summed E-state index contributed by atoms with van der Waals surface area (Å²) in [5, 5.41) is 17.6. The van der Waals surface area contributed by atoms with Gasteiger partial charge in [-0.3, -0.25) is 9.59 Å². The van der Waals surface area contributed by atoms with Crippen LogP contribution in [0.5, 0.6) is 0 Å². The molecule has 0 spiro atoms. The molecule has 34 heavy (non-hydrogen) atoms. The van der Waals surface area contributed by atoms with Crippen molar-refractivity contribution in [3.8, 4) is 0 Å². The first-order valence-electron chi connectivity index (χ1n) is 12.8. The molecule has 0 radical (unpaired) electrons. The van der Waals surface area contributed by atoms with E-state index in [0.717, 1.165) is 30.3 Å². The summed E-state index contributed by atoms with van der Waals surface area (Å²) in [6.07, 6.45) is 4.00. The number of nitrogens with two attached hydrogens (primary N) is 1. The second-order valence-corrected chi connectivity index (χ2v) is 9.81. The van der Waals surface area contributed by atoms with Gasteiger partial charge in [0, 0.05) is 48.7 Å². The number of rotatable bonds is 14. The van der Waals surface area contributed by atoms with Gasteiger partial charge in [0.25, 0.3) is 5.91 Å². The molecule has 7 heteroatoms. The van der Waals surface area contributed by atoms with Gasteiger partial charge < -0.3 is 26.0 Å². The van der Waals surface area contributed by atoms with E-state index in [9.17, 15) is 14.7 Å². The largest absolute Gasteiger partial charge is 0.391 e. The van der Waals surface area contributed by atoms with Crippen molar-refractivity contribution in [1.29, 1.82) is 0 Å². The van der Waals surface area contributed by atoms with Crippen molar-refractivity contribution in [3.63, 3.8) is 0 Å². The molecule has 7 nitrogen and oxygen atoms in total. The number of aliphatic hydroxyl groups is 1. The molecule has 0 bridgehead atoms. The third kappa shape index (κ3) is 7.57. The van der Waals surface area contributed by atoms with Crippen LogP contribution in [0.25, 0.3) is 10.9 Å². The van der Waals surface area contributed by atoms with E-state index in [2.05, 4.69) is 42.9 Å². The van der Waals surface area contributed by atoms with E-state index in [1.165, 1.54) is 0 Å². The Morgan fingerprint density at radius 2 is 1.79 bits per heavy atom. The standard InChI is InChI=1S/C27H44N4O3/c1-6-8-13-29-26(33)19(5)14-25(32)23(28)15-20(18(3)4)16-30-27(34)22-17-31(7-2)24-12-10-9-11-21(22)24/h9-12,17-20,23,25,32H,6-8,13-16,28H2,1-5H3,(H,29,33)(H,30,34)/t19-,20+,23+,25+/m1/s1. The van der Waals surface area contributed by atoms with Crippen molar-refractivity contribution in [2.45, 2.75) is 79.0 Å². The van der Waals surface area contributed by atoms with Crippen molar-refractivity contribution < 1.29 is 14.7 Å². The quantitative estimate of drug-likeness (QED) is 0.314. The molecule has 0 saturated heterocycles. The smallest absolute Gasteiger partial charge is 0.253 e. The van der Waals surface area contributed by atoms with E-state index in [1.807, 2.05) is 37.4 Å². The van der Waals surface area contributed by atoms with Gasteiger partial charge in [-0.05, 0) is 44.1 Å². The van der Waals surface area contributed by atoms with Gasteiger partial charge in [0.15, 0.2) is 0 Å². The number of benzene rings is 1. The maximum Gasteiger partial charge on any atom is 0.253 e. The van der Waals surface area contributed by atoms with Crippen LogP contribution in [0.2, 0.25) is 0 Å². The number of amides is 2. The molecule has 190 valence electrons. The number of nitrogens with zero attached hydrogens (tertiary/aromatic N) is 1. The highest BCUT2D eigenvalue weighted by Crippen LogP contribution is 2.23. The molecule has 2 aromatic rings. The third-order valence-corrected chi connectivity index (χ3v) is 6.78. The van der Waals surface area contributed by atoms with Crippen LogP contribution in [0.4, 0.5) is 0 Å². The minimum Gasteiger partial charge on any atom is -0.391 e. The Morgan fingerprint density at radius 3 is 2.44 bits per heavy atom. The summed E-state index contributed by atoms with van der Waals surface area (Å²) in [5.41, 5.74) is 8.06. The average molecular weight is 473 g/mol. The van der Waals surface area contributed by atoms with Gasteiger partial charge in [0.05, 0.1) is 11.7 Å². The number of aromatic nitrogens is 1. The normalized spacial score (nSPS) is 15.2. The minimum atomic E-state index is -0.772. The molecular formula is C27H44N4O3. The van der Waals surface area contributed by atoms with Gasteiger partial charge in [0.2, 0.25) is 5.91 Å². The van der Waals surface area contributed by atoms with E-state index in [4.69, 9.17) is 5.73 Å². The third-order valence-electron chi connectivity index (χ3n) is 6.78. The first-order valence-corrected chi connectivity index (χ1v) is 12.8. The lowest BCUT2D eigenvalue weighted by molar-refractivity contribution is -0.125. The first kappa shape index (κ1) is 27.9. The number of aryl methyl sites for hydroxylation is 1. The molecule has 0 aliphatic rings. The maximum absolute atomic E-state index is 13.0. The molecule has 0 fully saturated rings. The molecule has 4 atom stereocenters. The summed E-state index contributed by atoms with van der Waals surface area (Å²) in [4.78, 5) is 25.2. The Bertz CT molecular complexity index is 924. The molecule has 0 saturated carbocycles. The Morgan fingerprint density at radius 1 is 1.09 bits per heavy atom. The molecule has 1 aromatic heterocycles. The summed E-state index contributed by atoms with van der Waals surface area (Å²) in [6, 6.07) is 7.46. The van der Waals surface area contributed by atoms with Gasteiger partial charge >= 0.3 is 0 Å². The summed E-state index contributed by atoms with van der Waals surface area (Å²) in [6.45, 7) is 12.1. The van der Waals surface area contributed by atoms with Crippen molar-refractivity contribution in [3.05, 3.63) is 36.0 Å². The molecule has 1 aromatic carbocycles. The number of hydrogen-bond donors (Lipinski definition) is 4.